The van der Waals surface area contributed by atoms with Gasteiger partial charge in [-0.05, 0) is 143 Å². The molecule has 0 atom stereocenters. The molecule has 3 nitrogen and oxygen atoms in total. The second-order valence-electron chi connectivity index (χ2n) is 15.8. The number of pyridine rings is 1. The predicted octanol–water partition coefficient (Wildman–Crippen LogP) is 15.3. The minimum absolute atomic E-state index is 0.648. The molecule has 0 spiro atoms. The topological polar surface area (TPSA) is 41.6 Å². The molecule has 0 saturated heterocycles. The molecule has 10 aromatic carbocycles. The number of para-hydroxylation sites is 1. The molecule has 61 heavy (non-hydrogen) atoms. The summed E-state index contributed by atoms with van der Waals surface area (Å²) in [5.74, 6) is 0. The molecule has 0 amide bonds. The van der Waals surface area contributed by atoms with E-state index in [1.54, 1.807) is 0 Å². The van der Waals surface area contributed by atoms with Crippen LogP contribution >= 0.6 is 0 Å². The fraction of sp³-hybridized carbons (Fsp3) is 0. The van der Waals surface area contributed by atoms with Crippen molar-refractivity contribution in [1.29, 1.82) is 5.26 Å². The standard InChI is InChI=1S/C58H35N3/c59-36-37-23-29-55-50(32-37)51-33-41(26-30-56(51)61(55)43-16-2-1-3-17-43)40-24-27-48-52(34-40)57(46-20-10-14-38-12-4-6-18-44(38)46)49-28-25-42(54-22-8-9-31-60-54)35-53(49)58(48)47-21-11-15-39-13-5-7-19-45(39)47/h1-35H. The average molecular weight is 774 g/mol. The molecule has 0 saturated carbocycles. The van der Waals surface area contributed by atoms with E-state index in [2.05, 4.69) is 193 Å². The molecule has 0 radical (unpaired) electrons. The van der Waals surface area contributed by atoms with Crippen LogP contribution in [0, 0.1) is 11.3 Å². The van der Waals surface area contributed by atoms with Gasteiger partial charge in [0.15, 0.2) is 0 Å². The molecular formula is C58H35N3. The molecule has 282 valence electrons. The minimum Gasteiger partial charge on any atom is -0.309 e. The summed E-state index contributed by atoms with van der Waals surface area (Å²) in [7, 11) is 0. The lowest BCUT2D eigenvalue weighted by Crippen LogP contribution is -1.94. The Morgan fingerprint density at radius 1 is 0.377 bits per heavy atom. The maximum atomic E-state index is 9.96. The van der Waals surface area contributed by atoms with Crippen LogP contribution < -0.4 is 0 Å². The molecule has 3 heteroatoms. The molecular weight excluding hydrogens is 739 g/mol. The highest BCUT2D eigenvalue weighted by atomic mass is 15.0. The van der Waals surface area contributed by atoms with Crippen LogP contribution in [0.4, 0.5) is 0 Å². The van der Waals surface area contributed by atoms with E-state index < -0.39 is 0 Å². The molecule has 0 bridgehead atoms. The molecule has 0 N–H and O–H groups in total. The van der Waals surface area contributed by atoms with E-state index in [1.165, 1.54) is 65.3 Å². The third-order valence-corrected chi connectivity index (χ3v) is 12.4. The van der Waals surface area contributed by atoms with Crippen LogP contribution in [0.5, 0.6) is 0 Å². The number of aromatic nitrogens is 2. The number of fused-ring (bicyclic) bond motifs is 7. The summed E-state index contributed by atoms with van der Waals surface area (Å²) in [5.41, 5.74) is 13.0. The number of rotatable bonds is 5. The van der Waals surface area contributed by atoms with Crippen LogP contribution in [0.3, 0.4) is 0 Å². The summed E-state index contributed by atoms with van der Waals surface area (Å²) in [5, 5.41) is 21.7. The Labute approximate surface area is 352 Å². The Morgan fingerprint density at radius 2 is 0.902 bits per heavy atom. The third-order valence-electron chi connectivity index (χ3n) is 12.4. The van der Waals surface area contributed by atoms with Crippen molar-refractivity contribution in [3.05, 3.63) is 218 Å². The largest absolute Gasteiger partial charge is 0.309 e. The van der Waals surface area contributed by atoms with E-state index in [9.17, 15) is 5.26 Å². The number of benzene rings is 10. The van der Waals surface area contributed by atoms with Gasteiger partial charge in [0, 0.05) is 28.2 Å². The fourth-order valence-electron chi connectivity index (χ4n) is 9.70. The van der Waals surface area contributed by atoms with Crippen LogP contribution in [0.1, 0.15) is 5.56 Å². The molecule has 0 aliphatic rings. The Bertz CT molecular complexity index is 3750. The third kappa shape index (κ3) is 5.54. The van der Waals surface area contributed by atoms with Gasteiger partial charge in [-0.1, -0.05) is 140 Å². The smallest absolute Gasteiger partial charge is 0.0991 e. The van der Waals surface area contributed by atoms with Crippen molar-refractivity contribution in [2.45, 2.75) is 0 Å². The average Bonchev–Trinajstić information content (AvgIpc) is 3.66. The molecule has 12 aromatic rings. The lowest BCUT2D eigenvalue weighted by Gasteiger charge is -2.21. The summed E-state index contributed by atoms with van der Waals surface area (Å²) in [4.78, 5) is 4.79. The minimum atomic E-state index is 0.648. The maximum absolute atomic E-state index is 9.96. The summed E-state index contributed by atoms with van der Waals surface area (Å²) in [6.45, 7) is 0. The van der Waals surface area contributed by atoms with Crippen molar-refractivity contribution >= 4 is 64.9 Å². The van der Waals surface area contributed by atoms with Crippen molar-refractivity contribution in [2.24, 2.45) is 0 Å². The van der Waals surface area contributed by atoms with Crippen molar-refractivity contribution in [3.63, 3.8) is 0 Å². The normalized spacial score (nSPS) is 11.6. The highest BCUT2D eigenvalue weighted by molar-refractivity contribution is 6.26. The zero-order chi connectivity index (χ0) is 40.4. The van der Waals surface area contributed by atoms with Crippen LogP contribution in [-0.2, 0) is 0 Å². The van der Waals surface area contributed by atoms with Gasteiger partial charge < -0.3 is 4.57 Å². The summed E-state index contributed by atoms with van der Waals surface area (Å²) < 4.78 is 2.30. The van der Waals surface area contributed by atoms with Gasteiger partial charge in [0.2, 0.25) is 0 Å². The number of nitriles is 1. The van der Waals surface area contributed by atoms with Crippen LogP contribution in [0.25, 0.3) is 115 Å². The van der Waals surface area contributed by atoms with Gasteiger partial charge >= 0.3 is 0 Å². The Morgan fingerprint density at radius 3 is 1.54 bits per heavy atom. The van der Waals surface area contributed by atoms with E-state index in [0.717, 1.165) is 49.9 Å². The predicted molar refractivity (Wildman–Crippen MR) is 255 cm³/mol. The van der Waals surface area contributed by atoms with E-state index in [0.29, 0.717) is 5.56 Å². The van der Waals surface area contributed by atoms with E-state index in [-0.39, 0.29) is 0 Å². The Kier molecular flexibility index (Phi) is 7.91. The summed E-state index contributed by atoms with van der Waals surface area (Å²) >= 11 is 0. The van der Waals surface area contributed by atoms with Gasteiger partial charge in [-0.25, -0.2) is 0 Å². The zero-order valence-corrected chi connectivity index (χ0v) is 33.0. The van der Waals surface area contributed by atoms with E-state index in [4.69, 9.17) is 4.98 Å². The van der Waals surface area contributed by atoms with Crippen molar-refractivity contribution < 1.29 is 0 Å². The monoisotopic (exact) mass is 773 g/mol. The molecule has 0 fully saturated rings. The summed E-state index contributed by atoms with van der Waals surface area (Å²) in [6, 6.07) is 76.5. The molecule has 12 rings (SSSR count). The van der Waals surface area contributed by atoms with Gasteiger partial charge in [-0.3, -0.25) is 4.98 Å². The SMILES string of the molecule is N#Cc1ccc2c(c1)c1cc(-c3ccc4c(-c5cccc6ccccc56)c5cc(-c6ccccn6)ccc5c(-c5cccc6ccccc56)c4c3)ccc1n2-c1ccccc1. The van der Waals surface area contributed by atoms with Crippen LogP contribution in [0.2, 0.25) is 0 Å². The molecule has 2 aromatic heterocycles. The van der Waals surface area contributed by atoms with Gasteiger partial charge in [-0.2, -0.15) is 5.26 Å². The van der Waals surface area contributed by atoms with Crippen molar-refractivity contribution in [3.8, 4) is 56.4 Å². The first-order valence-electron chi connectivity index (χ1n) is 20.7. The molecule has 0 unspecified atom stereocenters. The molecule has 0 aliphatic heterocycles. The van der Waals surface area contributed by atoms with Crippen molar-refractivity contribution in [2.75, 3.05) is 0 Å². The lowest BCUT2D eigenvalue weighted by atomic mass is 9.82. The van der Waals surface area contributed by atoms with Gasteiger partial charge in [-0.15, -0.1) is 0 Å². The highest BCUT2D eigenvalue weighted by Crippen LogP contribution is 2.48. The molecule has 0 aliphatic carbocycles. The zero-order valence-electron chi connectivity index (χ0n) is 33.0. The highest BCUT2D eigenvalue weighted by Gasteiger charge is 2.22. The van der Waals surface area contributed by atoms with Gasteiger partial charge in [0.25, 0.3) is 0 Å². The van der Waals surface area contributed by atoms with Gasteiger partial charge in [0.1, 0.15) is 0 Å². The van der Waals surface area contributed by atoms with E-state index >= 15 is 0 Å². The molecule has 2 heterocycles. The van der Waals surface area contributed by atoms with Crippen LogP contribution in [0.15, 0.2) is 212 Å². The number of hydrogen-bond donors (Lipinski definition) is 0. The second kappa shape index (κ2) is 13.9. The first-order chi connectivity index (χ1) is 30.2. The Balaban J connectivity index is 1.20. The fourth-order valence-corrected chi connectivity index (χ4v) is 9.70. The lowest BCUT2D eigenvalue weighted by molar-refractivity contribution is 1.18. The first-order valence-corrected chi connectivity index (χ1v) is 20.7. The van der Waals surface area contributed by atoms with Crippen LogP contribution in [-0.4, -0.2) is 9.55 Å². The number of nitrogens with zero attached hydrogens (tertiary/aromatic N) is 3. The quantitative estimate of drug-likeness (QED) is 0.163. The first kappa shape index (κ1) is 34.7. The Hall–Kier alpha value is -8.32. The summed E-state index contributed by atoms with van der Waals surface area (Å²) in [6.07, 6.45) is 1.87. The second-order valence-corrected chi connectivity index (χ2v) is 15.8. The van der Waals surface area contributed by atoms with Gasteiger partial charge in [0.05, 0.1) is 28.4 Å². The number of hydrogen-bond acceptors (Lipinski definition) is 2. The van der Waals surface area contributed by atoms with E-state index in [1.807, 2.05) is 30.5 Å². The maximum Gasteiger partial charge on any atom is 0.0991 e. The van der Waals surface area contributed by atoms with Crippen molar-refractivity contribution in [1.82, 2.24) is 9.55 Å².